The summed E-state index contributed by atoms with van der Waals surface area (Å²) < 4.78 is 5.63. The molecule has 0 aromatic heterocycles. The van der Waals surface area contributed by atoms with Gasteiger partial charge in [0.05, 0.1) is 6.61 Å². The van der Waals surface area contributed by atoms with Crippen LogP contribution in [-0.2, 0) is 0 Å². The van der Waals surface area contributed by atoms with Gasteiger partial charge in [0.2, 0.25) is 0 Å². The predicted octanol–water partition coefficient (Wildman–Crippen LogP) is 4.36. The SMILES string of the molecule is CCCOc1ccc(C(C)C(CCC)NCC)cc1. The quantitative estimate of drug-likeness (QED) is 0.715. The van der Waals surface area contributed by atoms with Crippen LogP contribution in [0.15, 0.2) is 24.3 Å². The molecule has 1 aromatic carbocycles. The summed E-state index contributed by atoms with van der Waals surface area (Å²) in [4.78, 5) is 0. The number of hydrogen-bond donors (Lipinski definition) is 1. The maximum absolute atomic E-state index is 5.63. The third kappa shape index (κ3) is 5.23. The van der Waals surface area contributed by atoms with Crippen LogP contribution in [0.4, 0.5) is 0 Å². The molecule has 2 atom stereocenters. The Morgan fingerprint density at radius 3 is 2.26 bits per heavy atom. The Bertz CT molecular complexity index is 328. The molecule has 2 nitrogen and oxygen atoms in total. The molecule has 0 aliphatic carbocycles. The van der Waals surface area contributed by atoms with Crippen LogP contribution in [0.3, 0.4) is 0 Å². The highest BCUT2D eigenvalue weighted by molar-refractivity contribution is 5.30. The van der Waals surface area contributed by atoms with Gasteiger partial charge in [0.25, 0.3) is 0 Å². The first kappa shape index (κ1) is 16.0. The second-order valence-electron chi connectivity index (χ2n) is 5.16. The fraction of sp³-hybridized carbons (Fsp3) is 0.647. The molecule has 2 heteroatoms. The Kier molecular flexibility index (Phi) is 7.57. The number of rotatable bonds is 9. The summed E-state index contributed by atoms with van der Waals surface area (Å²) in [6, 6.07) is 9.16. The molecule has 0 amide bonds. The maximum atomic E-state index is 5.63. The van der Waals surface area contributed by atoms with E-state index in [1.54, 1.807) is 0 Å². The van der Waals surface area contributed by atoms with Gasteiger partial charge in [-0.3, -0.25) is 0 Å². The van der Waals surface area contributed by atoms with Crippen molar-refractivity contribution in [2.75, 3.05) is 13.2 Å². The van der Waals surface area contributed by atoms with E-state index in [0.717, 1.165) is 25.3 Å². The van der Waals surface area contributed by atoms with Gasteiger partial charge < -0.3 is 10.1 Å². The van der Waals surface area contributed by atoms with Crippen LogP contribution in [0.5, 0.6) is 5.75 Å². The van der Waals surface area contributed by atoms with Gasteiger partial charge in [0, 0.05) is 6.04 Å². The van der Waals surface area contributed by atoms with E-state index in [9.17, 15) is 0 Å². The number of nitrogens with one attached hydrogen (secondary N) is 1. The first-order valence-electron chi connectivity index (χ1n) is 7.69. The van der Waals surface area contributed by atoms with Crippen molar-refractivity contribution < 1.29 is 4.74 Å². The largest absolute Gasteiger partial charge is 0.494 e. The van der Waals surface area contributed by atoms with Crippen LogP contribution in [0.2, 0.25) is 0 Å². The summed E-state index contributed by atoms with van der Waals surface area (Å²) >= 11 is 0. The lowest BCUT2D eigenvalue weighted by Crippen LogP contribution is -2.33. The van der Waals surface area contributed by atoms with Crippen LogP contribution >= 0.6 is 0 Å². The molecule has 0 saturated heterocycles. The van der Waals surface area contributed by atoms with Crippen LogP contribution in [0.25, 0.3) is 0 Å². The van der Waals surface area contributed by atoms with Crippen molar-refractivity contribution in [3.8, 4) is 5.75 Å². The van der Waals surface area contributed by atoms with Gasteiger partial charge in [-0.05, 0) is 43.0 Å². The molecule has 1 rings (SSSR count). The summed E-state index contributed by atoms with van der Waals surface area (Å²) in [6.07, 6.45) is 3.50. The van der Waals surface area contributed by atoms with Crippen LogP contribution in [-0.4, -0.2) is 19.2 Å². The van der Waals surface area contributed by atoms with Crippen molar-refractivity contribution in [3.05, 3.63) is 29.8 Å². The third-order valence-electron chi connectivity index (χ3n) is 3.55. The van der Waals surface area contributed by atoms with Gasteiger partial charge >= 0.3 is 0 Å². The molecule has 0 bridgehead atoms. The molecule has 1 aromatic rings. The van der Waals surface area contributed by atoms with E-state index in [0.29, 0.717) is 12.0 Å². The van der Waals surface area contributed by atoms with Crippen LogP contribution < -0.4 is 10.1 Å². The maximum Gasteiger partial charge on any atom is 0.119 e. The standard InChI is InChI=1S/C17H29NO/c1-5-8-17(18-7-3)14(4)15-9-11-16(12-10-15)19-13-6-2/h9-12,14,17-18H,5-8,13H2,1-4H3. The summed E-state index contributed by atoms with van der Waals surface area (Å²) in [5.41, 5.74) is 1.39. The van der Waals surface area contributed by atoms with E-state index in [1.165, 1.54) is 18.4 Å². The van der Waals surface area contributed by atoms with Gasteiger partial charge in [-0.25, -0.2) is 0 Å². The van der Waals surface area contributed by atoms with E-state index in [2.05, 4.69) is 57.3 Å². The Labute approximate surface area is 118 Å². The first-order valence-corrected chi connectivity index (χ1v) is 7.69. The topological polar surface area (TPSA) is 21.3 Å². The molecule has 19 heavy (non-hydrogen) atoms. The van der Waals surface area contributed by atoms with Crippen molar-refractivity contribution in [1.82, 2.24) is 5.32 Å². The second kappa shape index (κ2) is 8.98. The molecule has 0 fully saturated rings. The summed E-state index contributed by atoms with van der Waals surface area (Å²) in [6.45, 7) is 10.7. The fourth-order valence-electron chi connectivity index (χ4n) is 2.42. The van der Waals surface area contributed by atoms with Crippen molar-refractivity contribution in [2.24, 2.45) is 0 Å². The third-order valence-corrected chi connectivity index (χ3v) is 3.55. The Balaban J connectivity index is 2.66. The van der Waals surface area contributed by atoms with E-state index in [-0.39, 0.29) is 0 Å². The monoisotopic (exact) mass is 263 g/mol. The molecular weight excluding hydrogens is 234 g/mol. The van der Waals surface area contributed by atoms with Crippen molar-refractivity contribution >= 4 is 0 Å². The minimum atomic E-state index is 0.542. The molecule has 0 heterocycles. The van der Waals surface area contributed by atoms with Gasteiger partial charge in [0.15, 0.2) is 0 Å². The van der Waals surface area contributed by atoms with Crippen molar-refractivity contribution in [2.45, 2.75) is 58.9 Å². The molecule has 0 aliphatic heterocycles. The summed E-state index contributed by atoms with van der Waals surface area (Å²) in [7, 11) is 0. The van der Waals surface area contributed by atoms with Crippen molar-refractivity contribution in [3.63, 3.8) is 0 Å². The molecule has 0 spiro atoms. The zero-order chi connectivity index (χ0) is 14.1. The number of benzene rings is 1. The van der Waals surface area contributed by atoms with E-state index in [4.69, 9.17) is 4.74 Å². The van der Waals surface area contributed by atoms with Gasteiger partial charge in [0.1, 0.15) is 5.75 Å². The van der Waals surface area contributed by atoms with Gasteiger partial charge in [-0.1, -0.05) is 46.2 Å². The molecule has 0 aliphatic rings. The zero-order valence-electron chi connectivity index (χ0n) is 12.9. The molecule has 1 N–H and O–H groups in total. The number of ether oxygens (including phenoxy) is 1. The average molecular weight is 263 g/mol. The fourth-order valence-corrected chi connectivity index (χ4v) is 2.42. The zero-order valence-corrected chi connectivity index (χ0v) is 12.9. The smallest absolute Gasteiger partial charge is 0.119 e. The summed E-state index contributed by atoms with van der Waals surface area (Å²) in [5.74, 6) is 1.52. The number of likely N-dealkylation sites (N-methyl/N-ethyl adjacent to an activating group) is 1. The average Bonchev–Trinajstić information content (AvgIpc) is 2.44. The van der Waals surface area contributed by atoms with E-state index in [1.807, 2.05) is 0 Å². The van der Waals surface area contributed by atoms with Crippen LogP contribution in [0, 0.1) is 0 Å². The Hall–Kier alpha value is -1.02. The highest BCUT2D eigenvalue weighted by atomic mass is 16.5. The van der Waals surface area contributed by atoms with E-state index >= 15 is 0 Å². The molecule has 0 saturated carbocycles. The minimum Gasteiger partial charge on any atom is -0.494 e. The van der Waals surface area contributed by atoms with Crippen LogP contribution in [0.1, 0.15) is 58.4 Å². The highest BCUT2D eigenvalue weighted by Gasteiger charge is 2.17. The molecular formula is C17H29NO. The van der Waals surface area contributed by atoms with Gasteiger partial charge in [-0.15, -0.1) is 0 Å². The van der Waals surface area contributed by atoms with Gasteiger partial charge in [-0.2, -0.15) is 0 Å². The van der Waals surface area contributed by atoms with Crippen molar-refractivity contribution in [1.29, 1.82) is 0 Å². The molecule has 0 radical (unpaired) electrons. The summed E-state index contributed by atoms with van der Waals surface area (Å²) in [5, 5.41) is 3.60. The predicted molar refractivity (Wildman–Crippen MR) is 83.0 cm³/mol. The Morgan fingerprint density at radius 1 is 1.05 bits per heavy atom. The lowest BCUT2D eigenvalue weighted by molar-refractivity contribution is 0.317. The second-order valence-corrected chi connectivity index (χ2v) is 5.16. The lowest BCUT2D eigenvalue weighted by Gasteiger charge is -2.25. The lowest BCUT2D eigenvalue weighted by atomic mass is 9.90. The minimum absolute atomic E-state index is 0.542. The Morgan fingerprint density at radius 2 is 1.74 bits per heavy atom. The van der Waals surface area contributed by atoms with E-state index < -0.39 is 0 Å². The molecule has 108 valence electrons. The normalized spacial score (nSPS) is 14.1. The number of hydrogen-bond acceptors (Lipinski definition) is 2. The molecule has 2 unspecified atom stereocenters. The highest BCUT2D eigenvalue weighted by Crippen LogP contribution is 2.24. The first-order chi connectivity index (χ1) is 9.22.